The van der Waals surface area contributed by atoms with Crippen molar-refractivity contribution in [1.82, 2.24) is 15.1 Å². The zero-order valence-corrected chi connectivity index (χ0v) is 9.46. The van der Waals surface area contributed by atoms with Gasteiger partial charge in [0.05, 0.1) is 5.69 Å². The van der Waals surface area contributed by atoms with Crippen LogP contribution in [0.5, 0.6) is 0 Å². The molecule has 78 valence electrons. The molecule has 1 unspecified atom stereocenters. The maximum absolute atomic E-state index is 4.39. The summed E-state index contributed by atoms with van der Waals surface area (Å²) in [5.41, 5.74) is 3.63. The SMILES string of the molecule is C=CCNC(C)c1c(C)nn(C)c1C. The minimum absolute atomic E-state index is 0.335. The van der Waals surface area contributed by atoms with Crippen molar-refractivity contribution < 1.29 is 0 Å². The van der Waals surface area contributed by atoms with Crippen LogP contribution < -0.4 is 5.32 Å². The first-order chi connectivity index (χ1) is 6.57. The Kier molecular flexibility index (Phi) is 3.47. The van der Waals surface area contributed by atoms with Gasteiger partial charge in [0.15, 0.2) is 0 Å². The highest BCUT2D eigenvalue weighted by Crippen LogP contribution is 2.20. The maximum atomic E-state index is 4.39. The summed E-state index contributed by atoms with van der Waals surface area (Å²) in [5, 5.41) is 7.76. The molecule has 0 bridgehead atoms. The number of hydrogen-bond donors (Lipinski definition) is 1. The Hall–Kier alpha value is -1.09. The van der Waals surface area contributed by atoms with Crippen molar-refractivity contribution in [2.75, 3.05) is 6.54 Å². The standard InChI is InChI=1S/C11H19N3/c1-6-7-12-8(2)11-9(3)13-14(5)10(11)4/h6,8,12H,1,7H2,2-5H3. The van der Waals surface area contributed by atoms with Crippen LogP contribution >= 0.6 is 0 Å². The summed E-state index contributed by atoms with van der Waals surface area (Å²) in [7, 11) is 1.98. The van der Waals surface area contributed by atoms with Gasteiger partial charge < -0.3 is 5.32 Å². The van der Waals surface area contributed by atoms with Crippen LogP contribution in [0.4, 0.5) is 0 Å². The summed E-state index contributed by atoms with van der Waals surface area (Å²) in [6.45, 7) is 10.8. The minimum Gasteiger partial charge on any atom is -0.307 e. The van der Waals surface area contributed by atoms with E-state index in [9.17, 15) is 0 Å². The van der Waals surface area contributed by atoms with E-state index in [4.69, 9.17) is 0 Å². The summed E-state index contributed by atoms with van der Waals surface area (Å²) >= 11 is 0. The molecule has 0 amide bonds. The fraction of sp³-hybridized carbons (Fsp3) is 0.545. The third-order valence-corrected chi connectivity index (χ3v) is 2.57. The van der Waals surface area contributed by atoms with Crippen LogP contribution in [-0.4, -0.2) is 16.3 Å². The van der Waals surface area contributed by atoms with Crippen molar-refractivity contribution in [2.24, 2.45) is 7.05 Å². The fourth-order valence-corrected chi connectivity index (χ4v) is 1.78. The van der Waals surface area contributed by atoms with Crippen molar-refractivity contribution in [3.05, 3.63) is 29.6 Å². The third kappa shape index (κ3) is 2.04. The van der Waals surface area contributed by atoms with E-state index in [1.54, 1.807) is 0 Å². The summed E-state index contributed by atoms with van der Waals surface area (Å²) in [6.07, 6.45) is 1.87. The molecule has 0 aliphatic heterocycles. The van der Waals surface area contributed by atoms with Gasteiger partial charge in [0, 0.05) is 30.9 Å². The van der Waals surface area contributed by atoms with Gasteiger partial charge >= 0.3 is 0 Å². The highest BCUT2D eigenvalue weighted by molar-refractivity contribution is 5.27. The van der Waals surface area contributed by atoms with Crippen molar-refractivity contribution in [3.8, 4) is 0 Å². The number of aromatic nitrogens is 2. The van der Waals surface area contributed by atoms with E-state index in [0.717, 1.165) is 12.2 Å². The molecule has 1 atom stereocenters. The second-order valence-corrected chi connectivity index (χ2v) is 3.63. The molecule has 0 aliphatic carbocycles. The Labute approximate surface area is 85.8 Å². The first-order valence-electron chi connectivity index (χ1n) is 4.92. The maximum Gasteiger partial charge on any atom is 0.0644 e. The molecule has 0 aliphatic rings. The molecule has 0 aromatic carbocycles. The monoisotopic (exact) mass is 193 g/mol. The molecule has 3 nitrogen and oxygen atoms in total. The Balaban J connectivity index is 2.88. The second-order valence-electron chi connectivity index (χ2n) is 3.63. The smallest absolute Gasteiger partial charge is 0.0644 e. The zero-order valence-electron chi connectivity index (χ0n) is 9.46. The van der Waals surface area contributed by atoms with E-state index >= 15 is 0 Å². The van der Waals surface area contributed by atoms with Crippen molar-refractivity contribution in [3.63, 3.8) is 0 Å². The van der Waals surface area contributed by atoms with Gasteiger partial charge in [-0.1, -0.05) is 6.08 Å². The largest absolute Gasteiger partial charge is 0.307 e. The molecule has 0 spiro atoms. The first kappa shape index (κ1) is 11.0. The predicted molar refractivity (Wildman–Crippen MR) is 59.3 cm³/mol. The van der Waals surface area contributed by atoms with Crippen molar-refractivity contribution >= 4 is 0 Å². The Morgan fingerprint density at radius 1 is 1.57 bits per heavy atom. The molecular weight excluding hydrogens is 174 g/mol. The number of hydrogen-bond acceptors (Lipinski definition) is 2. The van der Waals surface area contributed by atoms with Gasteiger partial charge in [-0.15, -0.1) is 6.58 Å². The van der Waals surface area contributed by atoms with Crippen LogP contribution in [0.25, 0.3) is 0 Å². The predicted octanol–water partition coefficient (Wildman–Crippen LogP) is 1.87. The molecule has 0 fully saturated rings. The van der Waals surface area contributed by atoms with Crippen LogP contribution in [0, 0.1) is 13.8 Å². The van der Waals surface area contributed by atoms with E-state index in [-0.39, 0.29) is 0 Å². The molecule has 1 rings (SSSR count). The molecule has 0 radical (unpaired) electrons. The van der Waals surface area contributed by atoms with Crippen molar-refractivity contribution in [2.45, 2.75) is 26.8 Å². The first-order valence-corrected chi connectivity index (χ1v) is 4.92. The number of aryl methyl sites for hydroxylation is 2. The minimum atomic E-state index is 0.335. The van der Waals surface area contributed by atoms with Gasteiger partial charge in [-0.2, -0.15) is 5.10 Å². The summed E-state index contributed by atoms with van der Waals surface area (Å²) < 4.78 is 1.93. The lowest BCUT2D eigenvalue weighted by Crippen LogP contribution is -2.19. The highest BCUT2D eigenvalue weighted by Gasteiger charge is 2.14. The van der Waals surface area contributed by atoms with Crippen LogP contribution in [0.2, 0.25) is 0 Å². The summed E-state index contributed by atoms with van der Waals surface area (Å²) in [6, 6.07) is 0.335. The van der Waals surface area contributed by atoms with E-state index < -0.39 is 0 Å². The van der Waals surface area contributed by atoms with E-state index in [1.807, 2.05) is 17.8 Å². The molecule has 3 heteroatoms. The molecule has 14 heavy (non-hydrogen) atoms. The average Bonchev–Trinajstić information content (AvgIpc) is 2.38. The Bertz CT molecular complexity index is 326. The molecule has 1 heterocycles. The van der Waals surface area contributed by atoms with Crippen LogP contribution in [0.1, 0.15) is 29.9 Å². The Morgan fingerprint density at radius 3 is 2.64 bits per heavy atom. The molecule has 1 aromatic rings. The molecular formula is C11H19N3. The average molecular weight is 193 g/mol. The lowest BCUT2D eigenvalue weighted by Gasteiger charge is -2.12. The fourth-order valence-electron chi connectivity index (χ4n) is 1.78. The number of nitrogens with zero attached hydrogens (tertiary/aromatic N) is 2. The van der Waals surface area contributed by atoms with Crippen LogP contribution in [0.3, 0.4) is 0 Å². The number of rotatable bonds is 4. The molecule has 1 aromatic heterocycles. The van der Waals surface area contributed by atoms with Gasteiger partial charge in [-0.3, -0.25) is 4.68 Å². The van der Waals surface area contributed by atoms with Crippen LogP contribution in [-0.2, 0) is 7.05 Å². The van der Waals surface area contributed by atoms with Crippen LogP contribution in [0.15, 0.2) is 12.7 Å². The van der Waals surface area contributed by atoms with E-state index in [1.165, 1.54) is 11.3 Å². The van der Waals surface area contributed by atoms with Gasteiger partial charge in [-0.25, -0.2) is 0 Å². The summed E-state index contributed by atoms with van der Waals surface area (Å²) in [4.78, 5) is 0. The lowest BCUT2D eigenvalue weighted by molar-refractivity contribution is 0.609. The highest BCUT2D eigenvalue weighted by atomic mass is 15.3. The molecule has 0 saturated heterocycles. The molecule has 0 saturated carbocycles. The van der Waals surface area contributed by atoms with Gasteiger partial charge in [0.1, 0.15) is 0 Å². The second kappa shape index (κ2) is 4.42. The quantitative estimate of drug-likeness (QED) is 0.740. The Morgan fingerprint density at radius 2 is 2.21 bits per heavy atom. The third-order valence-electron chi connectivity index (χ3n) is 2.57. The van der Waals surface area contributed by atoms with E-state index in [0.29, 0.717) is 6.04 Å². The zero-order chi connectivity index (χ0) is 10.7. The molecule has 1 N–H and O–H groups in total. The van der Waals surface area contributed by atoms with Gasteiger partial charge in [0.25, 0.3) is 0 Å². The van der Waals surface area contributed by atoms with E-state index in [2.05, 4.69) is 37.8 Å². The normalized spacial score (nSPS) is 12.9. The number of nitrogens with one attached hydrogen (secondary N) is 1. The van der Waals surface area contributed by atoms with Gasteiger partial charge in [0.2, 0.25) is 0 Å². The lowest BCUT2D eigenvalue weighted by atomic mass is 10.1. The summed E-state index contributed by atoms with van der Waals surface area (Å²) in [5.74, 6) is 0. The van der Waals surface area contributed by atoms with Gasteiger partial charge in [-0.05, 0) is 20.8 Å². The topological polar surface area (TPSA) is 29.9 Å². The van der Waals surface area contributed by atoms with Crippen molar-refractivity contribution in [1.29, 1.82) is 0 Å².